The molecule has 0 bridgehead atoms. The molecule has 0 amide bonds. The van der Waals surface area contributed by atoms with Crippen molar-refractivity contribution < 1.29 is 28.6 Å². The lowest BCUT2D eigenvalue weighted by Crippen LogP contribution is -2.26. The number of rotatable bonds is 11. The zero-order chi connectivity index (χ0) is 16.1. The second kappa shape index (κ2) is 13.1. The van der Waals surface area contributed by atoms with Crippen molar-refractivity contribution in [3.8, 4) is 0 Å². The molecule has 9 heteroatoms. The predicted molar refractivity (Wildman–Crippen MR) is 87.2 cm³/mol. The fourth-order valence-corrected chi connectivity index (χ4v) is 1.59. The quantitative estimate of drug-likeness (QED) is 0.221. The van der Waals surface area contributed by atoms with Crippen LogP contribution in [0.4, 0.5) is 0 Å². The number of hydrogen-bond donors (Lipinski definition) is 3. The van der Waals surface area contributed by atoms with Gasteiger partial charge in [0.25, 0.3) is 0 Å². The molecular weight excluding hydrogens is 336 g/mol. The van der Waals surface area contributed by atoms with E-state index >= 15 is 0 Å². The Balaban J connectivity index is 4.00. The molecule has 0 spiro atoms. The van der Waals surface area contributed by atoms with Gasteiger partial charge in [0.05, 0.1) is 23.9 Å². The molecule has 122 valence electrons. The van der Waals surface area contributed by atoms with Crippen LogP contribution in [0.3, 0.4) is 0 Å². The monoisotopic (exact) mass is 356 g/mol. The lowest BCUT2D eigenvalue weighted by Gasteiger charge is -2.17. The molecular formula is C12H20O6S3. The minimum atomic E-state index is -0.533. The van der Waals surface area contributed by atoms with Crippen LogP contribution in [0.15, 0.2) is 0 Å². The van der Waals surface area contributed by atoms with Crippen molar-refractivity contribution in [1.29, 1.82) is 0 Å². The Morgan fingerprint density at radius 1 is 0.810 bits per heavy atom. The van der Waals surface area contributed by atoms with Gasteiger partial charge in [-0.25, -0.2) is 0 Å². The van der Waals surface area contributed by atoms with E-state index in [1.165, 1.54) is 0 Å². The van der Waals surface area contributed by atoms with E-state index in [-0.39, 0.29) is 36.4 Å². The van der Waals surface area contributed by atoms with Gasteiger partial charge in [0.15, 0.2) is 0 Å². The molecule has 0 aliphatic rings. The first kappa shape index (κ1) is 20.5. The summed E-state index contributed by atoms with van der Waals surface area (Å²) in [5, 5.41) is 0. The standard InChI is InChI=1S/C12H20O6S3/c13-10(6-19)16-4-2-1-3-9(18-12(15)8-21)5-17-11(14)7-20/h9,19-21H,1-8H2. The lowest BCUT2D eigenvalue weighted by molar-refractivity contribution is -0.156. The minimum absolute atomic E-state index is 0.0185. The molecule has 6 nitrogen and oxygen atoms in total. The first-order chi connectivity index (χ1) is 10.0. The van der Waals surface area contributed by atoms with Crippen molar-refractivity contribution in [2.75, 3.05) is 30.5 Å². The molecule has 21 heavy (non-hydrogen) atoms. The molecule has 0 aromatic rings. The Labute approximate surface area is 140 Å². The summed E-state index contributed by atoms with van der Waals surface area (Å²) in [5.74, 6) is -1.37. The topological polar surface area (TPSA) is 78.9 Å². The van der Waals surface area contributed by atoms with E-state index in [4.69, 9.17) is 14.2 Å². The molecule has 0 N–H and O–H groups in total. The summed E-state index contributed by atoms with van der Waals surface area (Å²) < 4.78 is 14.9. The average molecular weight is 356 g/mol. The van der Waals surface area contributed by atoms with Crippen LogP contribution in [0.1, 0.15) is 19.3 Å². The van der Waals surface area contributed by atoms with Crippen LogP contribution in [-0.4, -0.2) is 54.5 Å². The van der Waals surface area contributed by atoms with Gasteiger partial charge in [-0.15, -0.1) is 0 Å². The predicted octanol–water partition coefficient (Wildman–Crippen LogP) is 0.944. The van der Waals surface area contributed by atoms with Crippen LogP contribution < -0.4 is 0 Å². The Bertz CT molecular complexity index is 337. The highest BCUT2D eigenvalue weighted by molar-refractivity contribution is 7.81. The number of unbranched alkanes of at least 4 members (excludes halogenated alkanes) is 1. The van der Waals surface area contributed by atoms with Gasteiger partial charge in [0.1, 0.15) is 12.7 Å². The summed E-state index contributed by atoms with van der Waals surface area (Å²) in [5.41, 5.74) is 0. The van der Waals surface area contributed by atoms with Crippen molar-refractivity contribution in [2.45, 2.75) is 25.4 Å². The van der Waals surface area contributed by atoms with Crippen molar-refractivity contribution in [3.63, 3.8) is 0 Å². The number of ether oxygens (including phenoxy) is 3. The van der Waals surface area contributed by atoms with E-state index in [0.29, 0.717) is 19.3 Å². The molecule has 1 atom stereocenters. The largest absolute Gasteiger partial charge is 0.465 e. The summed E-state index contributed by atoms with van der Waals surface area (Å²) in [6.45, 7) is 0.262. The Morgan fingerprint density at radius 3 is 1.95 bits per heavy atom. The maximum atomic E-state index is 11.2. The number of carbonyl (C=O) groups excluding carboxylic acids is 3. The maximum Gasteiger partial charge on any atom is 0.316 e. The van der Waals surface area contributed by atoms with Crippen LogP contribution >= 0.6 is 37.9 Å². The average Bonchev–Trinajstić information content (AvgIpc) is 2.50. The first-order valence-electron chi connectivity index (χ1n) is 6.36. The molecule has 0 aliphatic heterocycles. The van der Waals surface area contributed by atoms with E-state index < -0.39 is 18.0 Å². The van der Waals surface area contributed by atoms with E-state index in [0.717, 1.165) is 0 Å². The Kier molecular flexibility index (Phi) is 12.8. The molecule has 0 saturated heterocycles. The summed E-state index contributed by atoms with van der Waals surface area (Å²) in [4.78, 5) is 33.1. The smallest absolute Gasteiger partial charge is 0.316 e. The van der Waals surface area contributed by atoms with E-state index in [1.54, 1.807) is 0 Å². The minimum Gasteiger partial charge on any atom is -0.465 e. The van der Waals surface area contributed by atoms with Gasteiger partial charge in [-0.3, -0.25) is 14.4 Å². The summed E-state index contributed by atoms with van der Waals surface area (Å²) in [7, 11) is 0. The van der Waals surface area contributed by atoms with Crippen LogP contribution in [0.25, 0.3) is 0 Å². The van der Waals surface area contributed by atoms with Crippen LogP contribution in [0.2, 0.25) is 0 Å². The summed E-state index contributed by atoms with van der Waals surface area (Å²) in [6, 6.07) is 0. The van der Waals surface area contributed by atoms with Crippen molar-refractivity contribution in [2.24, 2.45) is 0 Å². The van der Waals surface area contributed by atoms with Crippen LogP contribution in [0.5, 0.6) is 0 Å². The Morgan fingerprint density at radius 2 is 1.38 bits per heavy atom. The molecule has 0 saturated carbocycles. The third-order valence-electron chi connectivity index (χ3n) is 2.30. The third-order valence-corrected chi connectivity index (χ3v) is 3.07. The Hall–Kier alpha value is -0.540. The second-order valence-electron chi connectivity index (χ2n) is 3.99. The van der Waals surface area contributed by atoms with E-state index in [1.807, 2.05) is 0 Å². The van der Waals surface area contributed by atoms with E-state index in [9.17, 15) is 14.4 Å². The van der Waals surface area contributed by atoms with Gasteiger partial charge >= 0.3 is 17.9 Å². The SMILES string of the molecule is O=C(CS)OCCCCC(COC(=O)CS)OC(=O)CS. The number of thiol groups is 3. The first-order valence-corrected chi connectivity index (χ1v) is 8.26. The van der Waals surface area contributed by atoms with Crippen LogP contribution in [-0.2, 0) is 28.6 Å². The number of hydrogen-bond acceptors (Lipinski definition) is 9. The van der Waals surface area contributed by atoms with E-state index in [2.05, 4.69) is 37.9 Å². The van der Waals surface area contributed by atoms with Gasteiger partial charge in [0, 0.05) is 0 Å². The van der Waals surface area contributed by atoms with Gasteiger partial charge in [-0.1, -0.05) is 0 Å². The number of carbonyl (C=O) groups is 3. The van der Waals surface area contributed by atoms with Gasteiger partial charge in [-0.05, 0) is 19.3 Å². The lowest BCUT2D eigenvalue weighted by atomic mass is 10.1. The fraction of sp³-hybridized carbons (Fsp3) is 0.750. The summed E-state index contributed by atoms with van der Waals surface area (Å²) >= 11 is 11.4. The molecule has 0 aliphatic carbocycles. The highest BCUT2D eigenvalue weighted by atomic mass is 32.1. The van der Waals surface area contributed by atoms with Crippen LogP contribution in [0, 0.1) is 0 Å². The second-order valence-corrected chi connectivity index (χ2v) is 4.93. The highest BCUT2D eigenvalue weighted by Crippen LogP contribution is 2.08. The maximum absolute atomic E-state index is 11.2. The molecule has 0 radical (unpaired) electrons. The van der Waals surface area contributed by atoms with Crippen molar-refractivity contribution >= 4 is 55.8 Å². The van der Waals surface area contributed by atoms with Gasteiger partial charge in [0.2, 0.25) is 0 Å². The normalized spacial score (nSPS) is 11.6. The summed E-state index contributed by atoms with van der Waals surface area (Å²) in [6.07, 6.45) is 1.24. The molecule has 1 unspecified atom stereocenters. The fourth-order valence-electron chi connectivity index (χ4n) is 1.34. The van der Waals surface area contributed by atoms with Gasteiger partial charge < -0.3 is 14.2 Å². The molecule has 0 aromatic carbocycles. The molecule has 0 aromatic heterocycles. The zero-order valence-electron chi connectivity index (χ0n) is 11.5. The molecule has 0 fully saturated rings. The highest BCUT2D eigenvalue weighted by Gasteiger charge is 2.15. The van der Waals surface area contributed by atoms with Crippen molar-refractivity contribution in [3.05, 3.63) is 0 Å². The zero-order valence-corrected chi connectivity index (χ0v) is 14.2. The van der Waals surface area contributed by atoms with Crippen molar-refractivity contribution in [1.82, 2.24) is 0 Å². The van der Waals surface area contributed by atoms with Gasteiger partial charge in [-0.2, -0.15) is 37.9 Å². The molecule has 0 heterocycles. The third kappa shape index (κ3) is 11.8. The molecule has 0 rings (SSSR count). The number of esters is 3.